The summed E-state index contributed by atoms with van der Waals surface area (Å²) in [6, 6.07) is 13.3. The molecule has 0 fully saturated rings. The number of carbonyl (C=O) groups excluding carboxylic acids is 2. The number of benzene rings is 2. The highest BCUT2D eigenvalue weighted by atomic mass is 16.1. The van der Waals surface area contributed by atoms with Crippen LogP contribution in [0.25, 0.3) is 0 Å². The van der Waals surface area contributed by atoms with E-state index in [4.69, 9.17) is 5.73 Å². The molecule has 0 saturated carbocycles. The van der Waals surface area contributed by atoms with Crippen molar-refractivity contribution in [1.29, 1.82) is 0 Å². The van der Waals surface area contributed by atoms with Crippen molar-refractivity contribution in [2.75, 3.05) is 0 Å². The van der Waals surface area contributed by atoms with Crippen molar-refractivity contribution in [2.45, 2.75) is 46.6 Å². The van der Waals surface area contributed by atoms with Gasteiger partial charge in [0.1, 0.15) is 0 Å². The van der Waals surface area contributed by atoms with Crippen LogP contribution in [0.2, 0.25) is 0 Å². The zero-order valence-electron chi connectivity index (χ0n) is 15.5. The molecule has 0 aliphatic rings. The fourth-order valence-electron chi connectivity index (χ4n) is 3.15. The lowest BCUT2D eigenvalue weighted by atomic mass is 9.88. The molecular weight excluding hydrogens is 310 g/mol. The molecule has 3 heteroatoms. The summed E-state index contributed by atoms with van der Waals surface area (Å²) in [6.07, 6.45) is 1.34. The number of aryl methyl sites for hydroxylation is 2. The normalized spacial score (nSPS) is 13.3. The zero-order chi connectivity index (χ0) is 18.6. The molecule has 2 unspecified atom stereocenters. The molecule has 0 aliphatic carbocycles. The number of hydrogen-bond acceptors (Lipinski definition) is 3. The largest absolute Gasteiger partial charge is 0.327 e. The molecule has 25 heavy (non-hydrogen) atoms. The molecule has 3 nitrogen and oxygen atoms in total. The van der Waals surface area contributed by atoms with Crippen LogP contribution in [0.3, 0.4) is 0 Å². The summed E-state index contributed by atoms with van der Waals surface area (Å²) >= 11 is 0. The molecule has 0 radical (unpaired) electrons. The van der Waals surface area contributed by atoms with Gasteiger partial charge in [0.05, 0.1) is 0 Å². The first-order valence-electron chi connectivity index (χ1n) is 8.75. The number of hydrogen-bond donors (Lipinski definition) is 1. The highest BCUT2D eigenvalue weighted by Gasteiger charge is 2.22. The molecule has 0 spiro atoms. The zero-order valence-corrected chi connectivity index (χ0v) is 15.5. The van der Waals surface area contributed by atoms with Gasteiger partial charge in [-0.25, -0.2) is 0 Å². The lowest BCUT2D eigenvalue weighted by Crippen LogP contribution is -2.28. The second kappa shape index (κ2) is 8.21. The summed E-state index contributed by atoms with van der Waals surface area (Å²) < 4.78 is 0. The van der Waals surface area contributed by atoms with Crippen molar-refractivity contribution >= 4 is 11.6 Å². The number of ketones is 2. The van der Waals surface area contributed by atoms with Gasteiger partial charge in [-0.15, -0.1) is 0 Å². The highest BCUT2D eigenvalue weighted by Crippen LogP contribution is 2.19. The summed E-state index contributed by atoms with van der Waals surface area (Å²) in [4.78, 5) is 24.5. The average molecular weight is 337 g/mol. The van der Waals surface area contributed by atoms with Gasteiger partial charge >= 0.3 is 0 Å². The molecular formula is C22H27NO2. The monoisotopic (exact) mass is 337 g/mol. The molecule has 132 valence electrons. The van der Waals surface area contributed by atoms with E-state index >= 15 is 0 Å². The standard InChI is InChI=1S/C22H27NO2/c1-14-9-10-18(11-15(14)2)13-19(23)12-16(3)22(25)21-8-6-5-7-20(21)17(4)24/h5-11,16,19H,12-13,23H2,1-4H3. The first-order chi connectivity index (χ1) is 11.8. The van der Waals surface area contributed by atoms with Gasteiger partial charge in [-0.2, -0.15) is 0 Å². The van der Waals surface area contributed by atoms with Crippen molar-refractivity contribution in [3.8, 4) is 0 Å². The van der Waals surface area contributed by atoms with Gasteiger partial charge < -0.3 is 5.73 Å². The van der Waals surface area contributed by atoms with Crippen LogP contribution in [0.1, 0.15) is 57.7 Å². The molecule has 0 saturated heterocycles. The summed E-state index contributed by atoms with van der Waals surface area (Å²) in [5.41, 5.74) is 11.0. The van der Waals surface area contributed by atoms with Crippen LogP contribution in [0.15, 0.2) is 42.5 Å². The summed E-state index contributed by atoms with van der Waals surface area (Å²) in [5, 5.41) is 0. The Balaban J connectivity index is 2.05. The molecule has 2 N–H and O–H groups in total. The smallest absolute Gasteiger partial charge is 0.166 e. The fourth-order valence-corrected chi connectivity index (χ4v) is 3.15. The van der Waals surface area contributed by atoms with Crippen LogP contribution in [0, 0.1) is 19.8 Å². The van der Waals surface area contributed by atoms with Crippen molar-refractivity contribution < 1.29 is 9.59 Å². The summed E-state index contributed by atoms with van der Waals surface area (Å²) in [5.74, 6) is -0.320. The predicted octanol–water partition coefficient (Wildman–Crippen LogP) is 4.28. The Labute approximate surface area is 150 Å². The van der Waals surface area contributed by atoms with Gasteiger partial charge in [0.15, 0.2) is 11.6 Å². The van der Waals surface area contributed by atoms with Gasteiger partial charge in [0.25, 0.3) is 0 Å². The van der Waals surface area contributed by atoms with Crippen LogP contribution in [-0.2, 0) is 6.42 Å². The topological polar surface area (TPSA) is 60.2 Å². The van der Waals surface area contributed by atoms with Crippen LogP contribution >= 0.6 is 0 Å². The van der Waals surface area contributed by atoms with Crippen molar-refractivity contribution in [1.82, 2.24) is 0 Å². The number of nitrogens with two attached hydrogens (primary N) is 1. The predicted molar refractivity (Wildman–Crippen MR) is 102 cm³/mol. The number of rotatable bonds is 7. The Kier molecular flexibility index (Phi) is 6.27. The van der Waals surface area contributed by atoms with E-state index in [0.29, 0.717) is 17.5 Å². The molecule has 0 aromatic heterocycles. The molecule has 2 aromatic carbocycles. The average Bonchev–Trinajstić information content (AvgIpc) is 2.57. The summed E-state index contributed by atoms with van der Waals surface area (Å²) in [6.45, 7) is 7.56. The van der Waals surface area contributed by atoms with E-state index in [2.05, 4.69) is 32.0 Å². The second-order valence-electron chi connectivity index (χ2n) is 6.99. The van der Waals surface area contributed by atoms with Crippen LogP contribution in [-0.4, -0.2) is 17.6 Å². The molecule has 0 amide bonds. The van der Waals surface area contributed by atoms with E-state index in [1.165, 1.54) is 23.6 Å². The third-order valence-electron chi connectivity index (χ3n) is 4.74. The maximum absolute atomic E-state index is 12.7. The Bertz CT molecular complexity index is 779. The quantitative estimate of drug-likeness (QED) is 0.767. The van der Waals surface area contributed by atoms with Gasteiger partial charge in [0.2, 0.25) is 0 Å². The van der Waals surface area contributed by atoms with Crippen molar-refractivity contribution in [2.24, 2.45) is 11.7 Å². The first kappa shape index (κ1) is 19.1. The van der Waals surface area contributed by atoms with Gasteiger partial charge in [-0.05, 0) is 50.3 Å². The maximum Gasteiger partial charge on any atom is 0.166 e. The fraction of sp³-hybridized carbons (Fsp3) is 0.364. The van der Waals surface area contributed by atoms with Crippen LogP contribution < -0.4 is 5.73 Å². The minimum absolute atomic E-state index is 0.0127. The maximum atomic E-state index is 12.7. The SMILES string of the molecule is CC(=O)c1ccccc1C(=O)C(C)CC(N)Cc1ccc(C)c(C)c1. The van der Waals surface area contributed by atoms with Gasteiger partial charge in [-0.1, -0.05) is 49.4 Å². The van der Waals surface area contributed by atoms with E-state index in [-0.39, 0.29) is 23.5 Å². The van der Waals surface area contributed by atoms with Gasteiger partial charge in [0, 0.05) is 23.1 Å². The molecule has 2 aromatic rings. The van der Waals surface area contributed by atoms with E-state index in [9.17, 15) is 9.59 Å². The Morgan fingerprint density at radius 2 is 1.64 bits per heavy atom. The second-order valence-corrected chi connectivity index (χ2v) is 6.99. The Morgan fingerprint density at radius 1 is 1.00 bits per heavy atom. The van der Waals surface area contributed by atoms with Crippen LogP contribution in [0.4, 0.5) is 0 Å². The molecule has 0 heterocycles. The van der Waals surface area contributed by atoms with E-state index in [1.807, 2.05) is 6.92 Å². The Morgan fingerprint density at radius 3 is 2.24 bits per heavy atom. The summed E-state index contributed by atoms with van der Waals surface area (Å²) in [7, 11) is 0. The molecule has 2 atom stereocenters. The Hall–Kier alpha value is -2.26. The van der Waals surface area contributed by atoms with E-state index in [0.717, 1.165) is 6.42 Å². The minimum atomic E-state index is -0.220. The van der Waals surface area contributed by atoms with Gasteiger partial charge in [-0.3, -0.25) is 9.59 Å². The third-order valence-corrected chi connectivity index (χ3v) is 4.74. The lowest BCUT2D eigenvalue weighted by molar-refractivity contribution is 0.0908. The molecule has 0 aliphatic heterocycles. The van der Waals surface area contributed by atoms with E-state index < -0.39 is 0 Å². The lowest BCUT2D eigenvalue weighted by Gasteiger charge is -2.18. The molecule has 2 rings (SSSR count). The third kappa shape index (κ3) is 4.86. The highest BCUT2D eigenvalue weighted by molar-refractivity contribution is 6.08. The van der Waals surface area contributed by atoms with E-state index in [1.54, 1.807) is 24.3 Å². The van der Waals surface area contributed by atoms with Crippen LogP contribution in [0.5, 0.6) is 0 Å². The minimum Gasteiger partial charge on any atom is -0.327 e. The first-order valence-corrected chi connectivity index (χ1v) is 8.75. The number of Topliss-reactive ketones (excluding diaryl/α,β-unsaturated/α-hetero) is 2. The molecule has 0 bridgehead atoms. The number of carbonyl (C=O) groups is 2. The van der Waals surface area contributed by atoms with Crippen molar-refractivity contribution in [3.63, 3.8) is 0 Å². The van der Waals surface area contributed by atoms with Crippen molar-refractivity contribution in [3.05, 3.63) is 70.3 Å².